The third kappa shape index (κ3) is 3.99. The van der Waals surface area contributed by atoms with Gasteiger partial charge in [0.1, 0.15) is 0 Å². The summed E-state index contributed by atoms with van der Waals surface area (Å²) in [4.78, 5) is 13.5. The summed E-state index contributed by atoms with van der Waals surface area (Å²) in [5.41, 5.74) is 0. The Bertz CT molecular complexity index is 142. The van der Waals surface area contributed by atoms with Gasteiger partial charge in [0.15, 0.2) is 0 Å². The SMILES string of the molecule is CC(C)C=NC(=O)N(O)O. The molecule has 0 aromatic heterocycles. The number of carbonyl (C=O) groups is 1. The van der Waals surface area contributed by atoms with Gasteiger partial charge in [-0.05, 0) is 5.92 Å². The van der Waals surface area contributed by atoms with Crippen molar-refractivity contribution in [1.29, 1.82) is 0 Å². The second-order valence-electron chi connectivity index (χ2n) is 2.09. The average molecular weight is 146 g/mol. The number of nitrogens with zero attached hydrogens (tertiary/aromatic N) is 2. The fourth-order valence-electron chi connectivity index (χ4n) is 0.264. The van der Waals surface area contributed by atoms with E-state index in [0.29, 0.717) is 0 Å². The van der Waals surface area contributed by atoms with Crippen molar-refractivity contribution in [3.05, 3.63) is 0 Å². The summed E-state index contributed by atoms with van der Waals surface area (Å²) < 4.78 is 0. The Kier molecular flexibility index (Phi) is 3.60. The molecule has 58 valence electrons. The lowest BCUT2D eigenvalue weighted by molar-refractivity contribution is -0.256. The van der Waals surface area contributed by atoms with Gasteiger partial charge >= 0.3 is 6.03 Å². The minimum atomic E-state index is -1.09. The van der Waals surface area contributed by atoms with Gasteiger partial charge in [-0.25, -0.2) is 9.79 Å². The van der Waals surface area contributed by atoms with Gasteiger partial charge in [0.05, 0.1) is 0 Å². The van der Waals surface area contributed by atoms with Crippen LogP contribution in [0.2, 0.25) is 0 Å². The summed E-state index contributed by atoms with van der Waals surface area (Å²) in [6.07, 6.45) is 1.32. The highest BCUT2D eigenvalue weighted by molar-refractivity contribution is 5.82. The molecule has 10 heavy (non-hydrogen) atoms. The van der Waals surface area contributed by atoms with E-state index in [0.717, 1.165) is 0 Å². The summed E-state index contributed by atoms with van der Waals surface area (Å²) in [7, 11) is 0. The van der Waals surface area contributed by atoms with Crippen LogP contribution in [0.1, 0.15) is 13.8 Å². The van der Waals surface area contributed by atoms with Crippen LogP contribution in [0.25, 0.3) is 0 Å². The number of urea groups is 1. The molecule has 2 N–H and O–H groups in total. The van der Waals surface area contributed by atoms with Crippen molar-refractivity contribution in [2.45, 2.75) is 13.8 Å². The number of hydrogen-bond acceptors (Lipinski definition) is 3. The normalized spacial score (nSPS) is 10.9. The zero-order valence-corrected chi connectivity index (χ0v) is 5.85. The topological polar surface area (TPSA) is 73.1 Å². The summed E-state index contributed by atoms with van der Waals surface area (Å²) in [5.74, 6) is 0.115. The smallest absolute Gasteiger partial charge is 0.260 e. The molecule has 0 rings (SSSR count). The molecule has 0 aliphatic rings. The van der Waals surface area contributed by atoms with Crippen molar-refractivity contribution in [2.75, 3.05) is 0 Å². The number of rotatable bonds is 1. The highest BCUT2D eigenvalue weighted by Gasteiger charge is 2.02. The van der Waals surface area contributed by atoms with Crippen LogP contribution in [-0.4, -0.2) is 27.9 Å². The van der Waals surface area contributed by atoms with E-state index < -0.39 is 11.3 Å². The van der Waals surface area contributed by atoms with Crippen LogP contribution < -0.4 is 0 Å². The van der Waals surface area contributed by atoms with Gasteiger partial charge in [0.25, 0.3) is 0 Å². The largest absolute Gasteiger partial charge is 0.392 e. The Morgan fingerprint density at radius 2 is 2.10 bits per heavy atom. The van der Waals surface area contributed by atoms with Gasteiger partial charge in [-0.2, -0.15) is 0 Å². The zero-order valence-electron chi connectivity index (χ0n) is 5.85. The monoisotopic (exact) mass is 146 g/mol. The number of carbonyl (C=O) groups excluding carboxylic acids is 1. The summed E-state index contributed by atoms with van der Waals surface area (Å²) in [5, 5.41) is 15.6. The number of amides is 2. The fourth-order valence-corrected chi connectivity index (χ4v) is 0.264. The van der Waals surface area contributed by atoms with Crippen LogP contribution >= 0.6 is 0 Å². The molecule has 0 unspecified atom stereocenters. The molecule has 0 saturated heterocycles. The molecule has 5 nitrogen and oxygen atoms in total. The first kappa shape index (κ1) is 9.06. The third-order valence-corrected chi connectivity index (χ3v) is 0.654. The number of hydrogen-bond donors (Lipinski definition) is 2. The van der Waals surface area contributed by atoms with E-state index >= 15 is 0 Å². The molecule has 2 amide bonds. The van der Waals surface area contributed by atoms with E-state index in [2.05, 4.69) is 4.99 Å². The molecule has 0 saturated carbocycles. The Hall–Kier alpha value is -0.940. The van der Waals surface area contributed by atoms with E-state index in [4.69, 9.17) is 10.4 Å². The van der Waals surface area contributed by atoms with Gasteiger partial charge < -0.3 is 0 Å². The third-order valence-electron chi connectivity index (χ3n) is 0.654. The minimum absolute atomic E-state index is 0.115. The number of hydroxylamine groups is 2. The van der Waals surface area contributed by atoms with Crippen LogP contribution in [0.5, 0.6) is 0 Å². The van der Waals surface area contributed by atoms with E-state index in [1.165, 1.54) is 6.21 Å². The van der Waals surface area contributed by atoms with Crippen LogP contribution in [0.3, 0.4) is 0 Å². The predicted octanol–water partition coefficient (Wildman–Crippen LogP) is 0.914. The molecule has 0 spiro atoms. The van der Waals surface area contributed by atoms with Gasteiger partial charge in [-0.3, -0.25) is 10.4 Å². The Balaban J connectivity index is 3.79. The molecule has 0 atom stereocenters. The van der Waals surface area contributed by atoms with Crippen molar-refractivity contribution < 1.29 is 15.2 Å². The highest BCUT2D eigenvalue weighted by Crippen LogP contribution is 1.87. The lowest BCUT2D eigenvalue weighted by atomic mass is 10.3. The van der Waals surface area contributed by atoms with Crippen LogP contribution in [-0.2, 0) is 0 Å². The van der Waals surface area contributed by atoms with Crippen LogP contribution in [0.15, 0.2) is 4.99 Å². The summed E-state index contributed by atoms with van der Waals surface area (Å²) in [6.45, 7) is 3.63. The maximum Gasteiger partial charge on any atom is 0.392 e. The van der Waals surface area contributed by atoms with E-state index in [1.807, 2.05) is 13.8 Å². The molecule has 5 heteroatoms. The standard InChI is InChI=1S/C5H10N2O3/c1-4(2)3-6-5(8)7(9)10/h3-4,9-10H,1-2H3. The molecule has 0 aliphatic carbocycles. The Morgan fingerprint density at radius 3 is 2.40 bits per heavy atom. The molecule has 0 radical (unpaired) electrons. The van der Waals surface area contributed by atoms with Crippen molar-refractivity contribution >= 4 is 12.2 Å². The fraction of sp³-hybridized carbons (Fsp3) is 0.600. The van der Waals surface area contributed by atoms with Crippen LogP contribution in [0, 0.1) is 5.92 Å². The van der Waals surface area contributed by atoms with Crippen molar-refractivity contribution in [3.8, 4) is 0 Å². The lowest BCUT2D eigenvalue weighted by Gasteiger charge is -1.99. The maximum atomic E-state index is 10.3. The maximum absolute atomic E-state index is 10.3. The molecule has 0 bridgehead atoms. The van der Waals surface area contributed by atoms with Gasteiger partial charge in [0.2, 0.25) is 0 Å². The molecule has 0 aromatic carbocycles. The quantitative estimate of drug-likeness (QED) is 0.328. The van der Waals surface area contributed by atoms with Gasteiger partial charge in [-0.1, -0.05) is 19.1 Å². The lowest BCUT2D eigenvalue weighted by Crippen LogP contribution is -2.19. The van der Waals surface area contributed by atoms with E-state index in [-0.39, 0.29) is 5.92 Å². The van der Waals surface area contributed by atoms with Crippen molar-refractivity contribution in [1.82, 2.24) is 5.23 Å². The first-order chi connectivity index (χ1) is 4.54. The molecule has 0 aromatic rings. The van der Waals surface area contributed by atoms with Crippen molar-refractivity contribution in [2.24, 2.45) is 10.9 Å². The Labute approximate surface area is 58.5 Å². The average Bonchev–Trinajstić information content (AvgIpc) is 1.82. The number of aliphatic imine (C=N–C) groups is 1. The first-order valence-electron chi connectivity index (χ1n) is 2.80. The second-order valence-corrected chi connectivity index (χ2v) is 2.09. The highest BCUT2D eigenvalue weighted by atomic mass is 16.8. The molecular weight excluding hydrogens is 136 g/mol. The zero-order chi connectivity index (χ0) is 8.15. The Morgan fingerprint density at radius 1 is 1.60 bits per heavy atom. The molecule has 0 fully saturated rings. The molecule has 0 aliphatic heterocycles. The molecule has 0 heterocycles. The van der Waals surface area contributed by atoms with Gasteiger partial charge in [0, 0.05) is 6.21 Å². The van der Waals surface area contributed by atoms with Gasteiger partial charge in [-0.15, -0.1) is 0 Å². The van der Waals surface area contributed by atoms with Crippen molar-refractivity contribution in [3.63, 3.8) is 0 Å². The summed E-state index contributed by atoms with van der Waals surface area (Å²) in [6, 6.07) is -1.09. The minimum Gasteiger partial charge on any atom is -0.260 e. The molecular formula is C5H10N2O3. The van der Waals surface area contributed by atoms with E-state index in [1.54, 1.807) is 0 Å². The van der Waals surface area contributed by atoms with E-state index in [9.17, 15) is 4.79 Å². The second kappa shape index (κ2) is 3.97. The summed E-state index contributed by atoms with van der Waals surface area (Å²) >= 11 is 0. The first-order valence-corrected chi connectivity index (χ1v) is 2.80. The predicted molar refractivity (Wildman–Crippen MR) is 34.1 cm³/mol. The van der Waals surface area contributed by atoms with Crippen LogP contribution in [0.4, 0.5) is 4.79 Å².